The Morgan fingerprint density at radius 2 is 2.00 bits per heavy atom. The number of nitrogens with zero attached hydrogens (tertiary/aromatic N) is 1. The average molecular weight is 171 g/mol. The molecule has 0 aliphatic heterocycles. The number of rotatable bonds is 6. The van der Waals surface area contributed by atoms with Gasteiger partial charge in [0, 0.05) is 10.3 Å². The first-order chi connectivity index (χ1) is 5.60. The minimum Gasteiger partial charge on any atom is -0.265 e. The van der Waals surface area contributed by atoms with Crippen LogP contribution in [-0.2, 0) is 0 Å². The summed E-state index contributed by atoms with van der Waals surface area (Å²) >= 11 is 0. The molecule has 3 nitrogen and oxygen atoms in total. The van der Waals surface area contributed by atoms with Crippen molar-refractivity contribution in [2.75, 3.05) is 6.54 Å². The number of allylic oxidation sites excluding steroid dienone is 1. The lowest BCUT2D eigenvalue weighted by atomic mass is 9.79. The summed E-state index contributed by atoms with van der Waals surface area (Å²) in [7, 11) is 0. The first-order valence-electron chi connectivity index (χ1n) is 4.33. The molecule has 0 spiro atoms. The normalized spacial score (nSPS) is 11.2. The minimum atomic E-state index is -0.226. The fourth-order valence-corrected chi connectivity index (χ4v) is 1.41. The minimum absolute atomic E-state index is 0.0615. The molecule has 12 heavy (non-hydrogen) atoms. The van der Waals surface area contributed by atoms with Gasteiger partial charge in [-0.3, -0.25) is 10.1 Å². The second kappa shape index (κ2) is 4.91. The monoisotopic (exact) mass is 171 g/mol. The van der Waals surface area contributed by atoms with E-state index in [0.717, 1.165) is 19.3 Å². The lowest BCUT2D eigenvalue weighted by Crippen LogP contribution is -2.27. The first-order valence-corrected chi connectivity index (χ1v) is 4.33. The van der Waals surface area contributed by atoms with Crippen LogP contribution in [0.3, 0.4) is 0 Å². The van der Waals surface area contributed by atoms with E-state index in [1.165, 1.54) is 0 Å². The molecule has 70 valence electrons. The van der Waals surface area contributed by atoms with Crippen LogP contribution in [0.25, 0.3) is 0 Å². The second-order valence-corrected chi connectivity index (χ2v) is 3.19. The molecule has 0 aliphatic carbocycles. The van der Waals surface area contributed by atoms with E-state index in [1.807, 2.05) is 13.8 Å². The molecule has 0 aliphatic rings. The van der Waals surface area contributed by atoms with Crippen molar-refractivity contribution >= 4 is 0 Å². The highest BCUT2D eigenvalue weighted by molar-refractivity contribution is 4.84. The Kier molecular flexibility index (Phi) is 4.55. The summed E-state index contributed by atoms with van der Waals surface area (Å²) in [6.07, 6.45) is 4.20. The van der Waals surface area contributed by atoms with E-state index in [4.69, 9.17) is 0 Å². The summed E-state index contributed by atoms with van der Waals surface area (Å²) in [6.45, 7) is 7.68. The number of hydrogen-bond acceptors (Lipinski definition) is 2. The molecule has 0 saturated heterocycles. The molecular formula is C9H17NO2. The van der Waals surface area contributed by atoms with Crippen LogP contribution in [0.4, 0.5) is 0 Å². The molecule has 0 aromatic rings. The molecular weight excluding hydrogens is 154 g/mol. The van der Waals surface area contributed by atoms with E-state index in [1.54, 1.807) is 6.08 Å². The molecule has 0 atom stereocenters. The maximum atomic E-state index is 10.4. The lowest BCUT2D eigenvalue weighted by molar-refractivity contribution is -0.498. The Balaban J connectivity index is 4.33. The predicted molar refractivity (Wildman–Crippen MR) is 49.7 cm³/mol. The highest BCUT2D eigenvalue weighted by Crippen LogP contribution is 2.30. The zero-order valence-electron chi connectivity index (χ0n) is 7.88. The van der Waals surface area contributed by atoms with Crippen molar-refractivity contribution in [1.82, 2.24) is 0 Å². The molecule has 0 heterocycles. The fraction of sp³-hybridized carbons (Fsp3) is 0.778. The Morgan fingerprint density at radius 3 is 2.25 bits per heavy atom. The summed E-state index contributed by atoms with van der Waals surface area (Å²) < 4.78 is 0. The molecule has 0 aromatic carbocycles. The maximum absolute atomic E-state index is 10.4. The predicted octanol–water partition coefficient (Wildman–Crippen LogP) is 2.65. The van der Waals surface area contributed by atoms with Gasteiger partial charge >= 0.3 is 0 Å². The van der Waals surface area contributed by atoms with Gasteiger partial charge in [0.2, 0.25) is 6.54 Å². The Morgan fingerprint density at radius 1 is 1.50 bits per heavy atom. The molecule has 0 rings (SSSR count). The smallest absolute Gasteiger partial charge is 0.209 e. The van der Waals surface area contributed by atoms with Crippen molar-refractivity contribution in [2.45, 2.75) is 33.1 Å². The molecule has 0 aromatic heterocycles. The van der Waals surface area contributed by atoms with E-state index in [0.29, 0.717) is 0 Å². The molecule has 0 radical (unpaired) electrons. The highest BCUT2D eigenvalue weighted by Gasteiger charge is 2.30. The van der Waals surface area contributed by atoms with Gasteiger partial charge in [-0.05, 0) is 19.3 Å². The topological polar surface area (TPSA) is 43.1 Å². The van der Waals surface area contributed by atoms with Gasteiger partial charge in [-0.1, -0.05) is 19.9 Å². The van der Waals surface area contributed by atoms with Crippen molar-refractivity contribution in [2.24, 2.45) is 5.41 Å². The maximum Gasteiger partial charge on any atom is 0.209 e. The molecule has 0 saturated carbocycles. The summed E-state index contributed by atoms with van der Waals surface area (Å²) in [5.74, 6) is 0. The Labute approximate surface area is 73.6 Å². The average Bonchev–Trinajstić information content (AvgIpc) is 2.03. The van der Waals surface area contributed by atoms with Gasteiger partial charge < -0.3 is 0 Å². The van der Waals surface area contributed by atoms with E-state index in [9.17, 15) is 10.1 Å². The standard InChI is InChI=1S/C9H17NO2/c1-4-7-9(5-2,6-3)8-10(11)12/h4H,1,5-8H2,2-3H3. The highest BCUT2D eigenvalue weighted by atomic mass is 16.6. The van der Waals surface area contributed by atoms with Gasteiger partial charge in [0.05, 0.1) is 0 Å². The van der Waals surface area contributed by atoms with Crippen LogP contribution in [0, 0.1) is 15.5 Å². The van der Waals surface area contributed by atoms with E-state index in [2.05, 4.69) is 6.58 Å². The van der Waals surface area contributed by atoms with Gasteiger partial charge in [0.15, 0.2) is 0 Å². The van der Waals surface area contributed by atoms with Gasteiger partial charge in [-0.2, -0.15) is 0 Å². The zero-order chi connectivity index (χ0) is 9.61. The van der Waals surface area contributed by atoms with Gasteiger partial charge in [-0.25, -0.2) is 0 Å². The van der Waals surface area contributed by atoms with E-state index >= 15 is 0 Å². The Bertz CT molecular complexity index is 162. The number of hydrogen-bond donors (Lipinski definition) is 0. The van der Waals surface area contributed by atoms with E-state index in [-0.39, 0.29) is 16.9 Å². The van der Waals surface area contributed by atoms with E-state index < -0.39 is 0 Å². The third kappa shape index (κ3) is 3.03. The molecule has 0 bridgehead atoms. The quantitative estimate of drug-likeness (QED) is 0.350. The van der Waals surface area contributed by atoms with Crippen LogP contribution in [0.2, 0.25) is 0 Å². The SMILES string of the molecule is C=CCC(CC)(CC)C[N+](=O)[O-]. The third-order valence-corrected chi connectivity index (χ3v) is 2.54. The van der Waals surface area contributed by atoms with Crippen molar-refractivity contribution in [3.05, 3.63) is 22.8 Å². The summed E-state index contributed by atoms with van der Waals surface area (Å²) in [5, 5.41) is 10.4. The molecule has 0 amide bonds. The van der Waals surface area contributed by atoms with Crippen LogP contribution in [0.1, 0.15) is 33.1 Å². The van der Waals surface area contributed by atoms with Gasteiger partial charge in [-0.15, -0.1) is 6.58 Å². The fourth-order valence-electron chi connectivity index (χ4n) is 1.41. The van der Waals surface area contributed by atoms with Crippen LogP contribution < -0.4 is 0 Å². The van der Waals surface area contributed by atoms with Gasteiger partial charge in [0.1, 0.15) is 0 Å². The van der Waals surface area contributed by atoms with Crippen LogP contribution in [-0.4, -0.2) is 11.5 Å². The number of nitro groups is 1. The third-order valence-electron chi connectivity index (χ3n) is 2.54. The lowest BCUT2D eigenvalue weighted by Gasteiger charge is -2.25. The molecule has 3 heteroatoms. The Hall–Kier alpha value is -0.860. The summed E-state index contributed by atoms with van der Waals surface area (Å²) in [6, 6.07) is 0. The molecule has 0 fully saturated rings. The largest absolute Gasteiger partial charge is 0.265 e. The summed E-state index contributed by atoms with van der Waals surface area (Å²) in [4.78, 5) is 10.2. The summed E-state index contributed by atoms with van der Waals surface area (Å²) in [5.41, 5.74) is -0.161. The molecule has 0 unspecified atom stereocenters. The van der Waals surface area contributed by atoms with Crippen molar-refractivity contribution < 1.29 is 4.92 Å². The van der Waals surface area contributed by atoms with Gasteiger partial charge in [0.25, 0.3) is 0 Å². The van der Waals surface area contributed by atoms with Crippen LogP contribution >= 0.6 is 0 Å². The second-order valence-electron chi connectivity index (χ2n) is 3.19. The van der Waals surface area contributed by atoms with Crippen molar-refractivity contribution in [3.63, 3.8) is 0 Å². The molecule has 0 N–H and O–H groups in total. The zero-order valence-corrected chi connectivity index (χ0v) is 7.88. The first kappa shape index (κ1) is 11.1. The van der Waals surface area contributed by atoms with Crippen LogP contribution in [0.5, 0.6) is 0 Å². The van der Waals surface area contributed by atoms with Crippen molar-refractivity contribution in [3.8, 4) is 0 Å². The van der Waals surface area contributed by atoms with Crippen LogP contribution in [0.15, 0.2) is 12.7 Å². The van der Waals surface area contributed by atoms with Crippen molar-refractivity contribution in [1.29, 1.82) is 0 Å².